The van der Waals surface area contributed by atoms with Gasteiger partial charge in [-0.15, -0.1) is 0 Å². The molecule has 0 aliphatic heterocycles. The average molecular weight is 240 g/mol. The first-order valence-corrected chi connectivity index (χ1v) is 5.88. The fourth-order valence-corrected chi connectivity index (χ4v) is 1.01. The molecular formula is C12H23F3O. The fourth-order valence-electron chi connectivity index (χ4n) is 1.01. The van der Waals surface area contributed by atoms with Gasteiger partial charge in [-0.2, -0.15) is 8.78 Å². The summed E-state index contributed by atoms with van der Waals surface area (Å²) >= 11 is 0. The molecule has 0 radical (unpaired) electrons. The second kappa shape index (κ2) is 16.9. The molecule has 0 aromatic rings. The van der Waals surface area contributed by atoms with Crippen LogP contribution in [0.5, 0.6) is 0 Å². The summed E-state index contributed by atoms with van der Waals surface area (Å²) in [5.74, 6) is 0. The highest BCUT2D eigenvalue weighted by atomic mass is 19.3. The van der Waals surface area contributed by atoms with Gasteiger partial charge in [0.15, 0.2) is 6.33 Å². The molecule has 0 heterocycles. The van der Waals surface area contributed by atoms with E-state index >= 15 is 0 Å². The van der Waals surface area contributed by atoms with Crippen molar-refractivity contribution in [3.8, 4) is 0 Å². The number of halogens is 3. The van der Waals surface area contributed by atoms with E-state index in [0.717, 1.165) is 13.2 Å². The van der Waals surface area contributed by atoms with Crippen LogP contribution in [0, 0.1) is 0 Å². The maximum atomic E-state index is 10.2. The third-order valence-electron chi connectivity index (χ3n) is 1.87. The first-order chi connectivity index (χ1) is 7.68. The molecule has 0 aromatic carbocycles. The Morgan fingerprint density at radius 2 is 1.31 bits per heavy atom. The summed E-state index contributed by atoms with van der Waals surface area (Å²) in [6.45, 7) is 6.38. The Morgan fingerprint density at radius 1 is 0.938 bits per heavy atom. The summed E-state index contributed by atoms with van der Waals surface area (Å²) in [7, 11) is 0. The quantitative estimate of drug-likeness (QED) is 0.538. The Balaban J connectivity index is 0. The van der Waals surface area contributed by atoms with Crippen molar-refractivity contribution in [2.24, 2.45) is 0 Å². The van der Waals surface area contributed by atoms with Crippen LogP contribution in [0.3, 0.4) is 0 Å². The van der Waals surface area contributed by atoms with Crippen LogP contribution in [0.15, 0.2) is 12.4 Å². The molecule has 0 aliphatic carbocycles. The SMILES string of the molecule is CCCCCOCCCCC.FC=C(F)F. The predicted octanol–water partition coefficient (Wildman–Crippen LogP) is 5.08. The molecule has 1 nitrogen and oxygen atoms in total. The molecule has 4 heteroatoms. The van der Waals surface area contributed by atoms with Crippen molar-refractivity contribution in [3.05, 3.63) is 12.4 Å². The molecule has 0 bridgehead atoms. The highest BCUT2D eigenvalue weighted by molar-refractivity contribution is 4.66. The van der Waals surface area contributed by atoms with E-state index in [2.05, 4.69) is 13.8 Å². The van der Waals surface area contributed by atoms with Crippen molar-refractivity contribution >= 4 is 0 Å². The van der Waals surface area contributed by atoms with Gasteiger partial charge < -0.3 is 4.74 Å². The molecule has 0 unspecified atom stereocenters. The number of rotatable bonds is 8. The van der Waals surface area contributed by atoms with Gasteiger partial charge in [-0.1, -0.05) is 39.5 Å². The van der Waals surface area contributed by atoms with Crippen LogP contribution < -0.4 is 0 Å². The van der Waals surface area contributed by atoms with Crippen LogP contribution in [0.25, 0.3) is 0 Å². The highest BCUT2D eigenvalue weighted by Gasteiger charge is 1.88. The van der Waals surface area contributed by atoms with Crippen LogP contribution in [0.2, 0.25) is 0 Å². The molecule has 0 spiro atoms. The first kappa shape index (κ1) is 17.9. The third-order valence-corrected chi connectivity index (χ3v) is 1.87. The van der Waals surface area contributed by atoms with Crippen LogP contribution in [-0.2, 0) is 4.74 Å². The predicted molar refractivity (Wildman–Crippen MR) is 61.3 cm³/mol. The molecule has 98 valence electrons. The molecule has 0 fully saturated rings. The van der Waals surface area contributed by atoms with Gasteiger partial charge in [0.05, 0.1) is 0 Å². The number of hydrogen-bond donors (Lipinski definition) is 0. The largest absolute Gasteiger partial charge is 0.381 e. The summed E-state index contributed by atoms with van der Waals surface area (Å²) in [6.07, 6.45) is 4.65. The minimum absolute atomic E-state index is 0.750. The van der Waals surface area contributed by atoms with Crippen LogP contribution >= 0.6 is 0 Å². The molecule has 0 N–H and O–H groups in total. The van der Waals surface area contributed by atoms with Gasteiger partial charge >= 0.3 is 0 Å². The van der Waals surface area contributed by atoms with Gasteiger partial charge in [-0.25, -0.2) is 4.39 Å². The Labute approximate surface area is 96.7 Å². The van der Waals surface area contributed by atoms with Crippen molar-refractivity contribution in [3.63, 3.8) is 0 Å². The second-order valence-corrected chi connectivity index (χ2v) is 3.43. The number of hydrogen-bond acceptors (Lipinski definition) is 1. The van der Waals surface area contributed by atoms with Gasteiger partial charge in [0.25, 0.3) is 6.08 Å². The van der Waals surface area contributed by atoms with Gasteiger partial charge in [-0.05, 0) is 12.8 Å². The maximum Gasteiger partial charge on any atom is 0.298 e. The summed E-state index contributed by atoms with van der Waals surface area (Å²) in [5, 5.41) is 0. The van der Waals surface area contributed by atoms with E-state index in [-0.39, 0.29) is 0 Å². The van der Waals surface area contributed by atoms with E-state index in [1.165, 1.54) is 38.5 Å². The smallest absolute Gasteiger partial charge is 0.298 e. The Kier molecular flexibility index (Phi) is 18.9. The zero-order chi connectivity index (χ0) is 12.6. The van der Waals surface area contributed by atoms with Crippen LogP contribution in [0.4, 0.5) is 13.2 Å². The Hall–Kier alpha value is -0.510. The maximum absolute atomic E-state index is 10.2. The minimum atomic E-state index is -2.29. The molecule has 0 rings (SSSR count). The lowest BCUT2D eigenvalue weighted by molar-refractivity contribution is 0.126. The van der Waals surface area contributed by atoms with Crippen LogP contribution in [-0.4, -0.2) is 13.2 Å². The molecule has 0 saturated heterocycles. The lowest BCUT2D eigenvalue weighted by Crippen LogP contribution is -1.96. The summed E-state index contributed by atoms with van der Waals surface area (Å²) in [6, 6.07) is 0. The van der Waals surface area contributed by atoms with E-state index in [4.69, 9.17) is 4.74 Å². The fraction of sp³-hybridized carbons (Fsp3) is 0.833. The van der Waals surface area contributed by atoms with E-state index in [0.29, 0.717) is 0 Å². The Bertz CT molecular complexity index is 137. The zero-order valence-corrected chi connectivity index (χ0v) is 10.3. The molecule has 0 atom stereocenters. The van der Waals surface area contributed by atoms with E-state index < -0.39 is 12.4 Å². The molecular weight excluding hydrogens is 217 g/mol. The normalized spacial score (nSPS) is 9.31. The van der Waals surface area contributed by atoms with Gasteiger partial charge in [0, 0.05) is 13.2 Å². The van der Waals surface area contributed by atoms with Crippen molar-refractivity contribution in [1.82, 2.24) is 0 Å². The molecule has 0 aromatic heterocycles. The summed E-state index contributed by atoms with van der Waals surface area (Å²) in [4.78, 5) is 0. The topological polar surface area (TPSA) is 9.23 Å². The zero-order valence-electron chi connectivity index (χ0n) is 10.3. The second-order valence-electron chi connectivity index (χ2n) is 3.43. The highest BCUT2D eigenvalue weighted by Crippen LogP contribution is 1.97. The lowest BCUT2D eigenvalue weighted by atomic mass is 10.2. The van der Waals surface area contributed by atoms with Gasteiger partial charge in [0.2, 0.25) is 0 Å². The molecule has 0 saturated carbocycles. The summed E-state index contributed by atoms with van der Waals surface area (Å²) in [5.41, 5.74) is 0. The van der Waals surface area contributed by atoms with Gasteiger partial charge in [-0.3, -0.25) is 0 Å². The van der Waals surface area contributed by atoms with E-state index in [1.54, 1.807) is 0 Å². The lowest BCUT2D eigenvalue weighted by Gasteiger charge is -2.01. The summed E-state index contributed by atoms with van der Waals surface area (Å²) < 4.78 is 36.1. The van der Waals surface area contributed by atoms with E-state index in [1.807, 2.05) is 0 Å². The van der Waals surface area contributed by atoms with Gasteiger partial charge in [0.1, 0.15) is 0 Å². The number of ether oxygens (including phenoxy) is 1. The first-order valence-electron chi connectivity index (χ1n) is 5.88. The molecule has 16 heavy (non-hydrogen) atoms. The van der Waals surface area contributed by atoms with Crippen molar-refractivity contribution in [2.45, 2.75) is 52.4 Å². The van der Waals surface area contributed by atoms with Crippen molar-refractivity contribution < 1.29 is 17.9 Å². The monoisotopic (exact) mass is 240 g/mol. The minimum Gasteiger partial charge on any atom is -0.381 e. The average Bonchev–Trinajstić information content (AvgIpc) is 2.29. The molecule has 0 amide bonds. The van der Waals surface area contributed by atoms with Crippen molar-refractivity contribution in [2.75, 3.05) is 13.2 Å². The standard InChI is InChI=1S/C10H22O.C2HF3/c1-3-5-7-9-11-10-8-6-4-2;3-1-2(4)5/h3-10H2,1-2H3;1H. The molecule has 0 aliphatic rings. The van der Waals surface area contributed by atoms with Crippen molar-refractivity contribution in [1.29, 1.82) is 0 Å². The van der Waals surface area contributed by atoms with Crippen LogP contribution in [0.1, 0.15) is 52.4 Å². The Morgan fingerprint density at radius 3 is 1.56 bits per heavy atom. The van der Waals surface area contributed by atoms with E-state index in [9.17, 15) is 13.2 Å². The number of unbranched alkanes of at least 4 members (excludes halogenated alkanes) is 4. The third kappa shape index (κ3) is 23.4.